The van der Waals surface area contributed by atoms with Crippen LogP contribution in [0.2, 0.25) is 0 Å². The molecule has 0 aromatic carbocycles. The van der Waals surface area contributed by atoms with Crippen LogP contribution in [0.4, 0.5) is 0 Å². The largest absolute Gasteiger partial charge is 0.394 e. The topological polar surface area (TPSA) is 70.3 Å². The van der Waals surface area contributed by atoms with Crippen LogP contribution in [0.5, 0.6) is 0 Å². The van der Waals surface area contributed by atoms with Crippen LogP contribution in [0.15, 0.2) is 12.4 Å². The standard InChI is InChI=1S/C11H21N3O2/c1-2-3-11(16)8-12-6-10-7-13-14(9-10)4-5-15/h7,9,11-12,15-16H,2-6,8H2,1H3. The van der Waals surface area contributed by atoms with E-state index < -0.39 is 0 Å². The van der Waals surface area contributed by atoms with E-state index in [1.54, 1.807) is 10.9 Å². The van der Waals surface area contributed by atoms with Crippen LogP contribution < -0.4 is 5.32 Å². The van der Waals surface area contributed by atoms with Crippen molar-refractivity contribution in [2.75, 3.05) is 13.2 Å². The molecular weight excluding hydrogens is 206 g/mol. The summed E-state index contributed by atoms with van der Waals surface area (Å²) < 4.78 is 1.71. The van der Waals surface area contributed by atoms with Gasteiger partial charge in [0, 0.05) is 24.8 Å². The number of nitrogens with one attached hydrogen (secondary N) is 1. The average molecular weight is 227 g/mol. The van der Waals surface area contributed by atoms with Crippen molar-refractivity contribution in [2.24, 2.45) is 0 Å². The van der Waals surface area contributed by atoms with Gasteiger partial charge in [-0.1, -0.05) is 13.3 Å². The molecule has 0 aliphatic heterocycles. The molecule has 0 saturated heterocycles. The maximum atomic E-state index is 9.50. The normalized spacial score (nSPS) is 12.9. The number of aliphatic hydroxyl groups excluding tert-OH is 2. The monoisotopic (exact) mass is 227 g/mol. The second kappa shape index (κ2) is 7.38. The summed E-state index contributed by atoms with van der Waals surface area (Å²) in [6, 6.07) is 0. The van der Waals surface area contributed by atoms with Crippen LogP contribution in [-0.2, 0) is 13.1 Å². The molecule has 0 radical (unpaired) electrons. The molecule has 0 saturated carbocycles. The van der Waals surface area contributed by atoms with Gasteiger partial charge in [-0.15, -0.1) is 0 Å². The summed E-state index contributed by atoms with van der Waals surface area (Å²) in [5, 5.41) is 25.5. The Labute approximate surface area is 96.1 Å². The zero-order valence-corrected chi connectivity index (χ0v) is 9.76. The van der Waals surface area contributed by atoms with E-state index in [0.717, 1.165) is 18.4 Å². The molecule has 0 fully saturated rings. The molecule has 1 atom stereocenters. The Kier molecular flexibility index (Phi) is 6.07. The van der Waals surface area contributed by atoms with E-state index in [0.29, 0.717) is 19.6 Å². The van der Waals surface area contributed by atoms with Gasteiger partial charge in [0.2, 0.25) is 0 Å². The minimum atomic E-state index is -0.266. The predicted molar refractivity (Wildman–Crippen MR) is 61.9 cm³/mol. The van der Waals surface area contributed by atoms with Crippen LogP contribution in [0.1, 0.15) is 25.3 Å². The van der Waals surface area contributed by atoms with Crippen molar-refractivity contribution in [1.29, 1.82) is 0 Å². The number of aliphatic hydroxyl groups is 2. The molecule has 1 aromatic heterocycles. The molecule has 16 heavy (non-hydrogen) atoms. The lowest BCUT2D eigenvalue weighted by molar-refractivity contribution is 0.160. The van der Waals surface area contributed by atoms with Gasteiger partial charge < -0.3 is 15.5 Å². The highest BCUT2D eigenvalue weighted by atomic mass is 16.3. The number of nitrogens with zero attached hydrogens (tertiary/aromatic N) is 2. The van der Waals surface area contributed by atoms with E-state index in [1.165, 1.54) is 0 Å². The maximum Gasteiger partial charge on any atom is 0.0664 e. The lowest BCUT2D eigenvalue weighted by Gasteiger charge is -2.09. The van der Waals surface area contributed by atoms with Crippen LogP contribution in [-0.4, -0.2) is 39.2 Å². The molecule has 92 valence electrons. The van der Waals surface area contributed by atoms with Gasteiger partial charge in [0.25, 0.3) is 0 Å². The van der Waals surface area contributed by atoms with Crippen molar-refractivity contribution >= 4 is 0 Å². The zero-order chi connectivity index (χ0) is 11.8. The molecule has 1 unspecified atom stereocenters. The van der Waals surface area contributed by atoms with Gasteiger partial charge >= 0.3 is 0 Å². The van der Waals surface area contributed by atoms with Gasteiger partial charge in [0.1, 0.15) is 0 Å². The zero-order valence-electron chi connectivity index (χ0n) is 9.76. The second-order valence-corrected chi connectivity index (χ2v) is 3.91. The summed E-state index contributed by atoms with van der Waals surface area (Å²) in [5.74, 6) is 0. The van der Waals surface area contributed by atoms with E-state index in [2.05, 4.69) is 17.3 Å². The van der Waals surface area contributed by atoms with Crippen LogP contribution in [0.3, 0.4) is 0 Å². The maximum absolute atomic E-state index is 9.50. The van der Waals surface area contributed by atoms with Gasteiger partial charge in [-0.3, -0.25) is 4.68 Å². The molecule has 1 aromatic rings. The number of aromatic nitrogens is 2. The first-order valence-corrected chi connectivity index (χ1v) is 5.77. The lowest BCUT2D eigenvalue weighted by Crippen LogP contribution is -2.26. The van der Waals surface area contributed by atoms with E-state index in [1.807, 2.05) is 6.20 Å². The van der Waals surface area contributed by atoms with E-state index in [9.17, 15) is 5.11 Å². The van der Waals surface area contributed by atoms with Crippen LogP contribution in [0.25, 0.3) is 0 Å². The van der Waals surface area contributed by atoms with E-state index >= 15 is 0 Å². The summed E-state index contributed by atoms with van der Waals surface area (Å²) >= 11 is 0. The lowest BCUT2D eigenvalue weighted by atomic mass is 10.2. The highest BCUT2D eigenvalue weighted by molar-refractivity contribution is 5.03. The predicted octanol–water partition coefficient (Wildman–Crippen LogP) is 0.126. The molecule has 1 rings (SSSR count). The molecule has 0 aliphatic carbocycles. The summed E-state index contributed by atoms with van der Waals surface area (Å²) in [7, 11) is 0. The van der Waals surface area contributed by atoms with Crippen molar-refractivity contribution in [1.82, 2.24) is 15.1 Å². The molecule has 0 bridgehead atoms. The highest BCUT2D eigenvalue weighted by Crippen LogP contribution is 1.98. The summed E-state index contributed by atoms with van der Waals surface area (Å²) in [6.45, 7) is 4.00. The third kappa shape index (κ3) is 4.74. The fraction of sp³-hybridized carbons (Fsp3) is 0.727. The fourth-order valence-corrected chi connectivity index (χ4v) is 1.54. The fourth-order valence-electron chi connectivity index (χ4n) is 1.54. The van der Waals surface area contributed by atoms with Crippen LogP contribution in [0, 0.1) is 0 Å². The van der Waals surface area contributed by atoms with Gasteiger partial charge in [0.15, 0.2) is 0 Å². The van der Waals surface area contributed by atoms with Crippen molar-refractivity contribution in [3.05, 3.63) is 18.0 Å². The Morgan fingerprint density at radius 2 is 2.38 bits per heavy atom. The summed E-state index contributed by atoms with van der Waals surface area (Å²) in [6.07, 6.45) is 5.23. The Morgan fingerprint density at radius 3 is 3.06 bits per heavy atom. The quantitative estimate of drug-likeness (QED) is 0.590. The van der Waals surface area contributed by atoms with E-state index in [4.69, 9.17) is 5.11 Å². The third-order valence-electron chi connectivity index (χ3n) is 2.35. The average Bonchev–Trinajstić information content (AvgIpc) is 2.67. The molecule has 0 spiro atoms. The van der Waals surface area contributed by atoms with Gasteiger partial charge in [-0.05, 0) is 6.42 Å². The molecule has 1 heterocycles. The number of hydrogen-bond donors (Lipinski definition) is 3. The minimum Gasteiger partial charge on any atom is -0.394 e. The molecule has 5 heteroatoms. The first-order valence-electron chi connectivity index (χ1n) is 5.77. The first kappa shape index (κ1) is 13.2. The Balaban J connectivity index is 2.21. The minimum absolute atomic E-state index is 0.101. The number of hydrogen-bond acceptors (Lipinski definition) is 4. The van der Waals surface area contributed by atoms with Gasteiger partial charge in [0.05, 0.1) is 25.5 Å². The smallest absolute Gasteiger partial charge is 0.0664 e. The van der Waals surface area contributed by atoms with E-state index in [-0.39, 0.29) is 12.7 Å². The third-order valence-corrected chi connectivity index (χ3v) is 2.35. The molecule has 3 N–H and O–H groups in total. The van der Waals surface area contributed by atoms with Crippen LogP contribution >= 0.6 is 0 Å². The number of rotatable bonds is 8. The summed E-state index contributed by atoms with van der Waals surface area (Å²) in [5.41, 5.74) is 1.07. The molecule has 0 aliphatic rings. The first-order chi connectivity index (χ1) is 7.76. The van der Waals surface area contributed by atoms with Gasteiger partial charge in [-0.2, -0.15) is 5.10 Å². The Morgan fingerprint density at radius 1 is 1.56 bits per heavy atom. The Bertz CT molecular complexity index is 289. The highest BCUT2D eigenvalue weighted by Gasteiger charge is 2.02. The molecule has 0 amide bonds. The molecular formula is C11H21N3O2. The van der Waals surface area contributed by atoms with Crippen molar-refractivity contribution in [2.45, 2.75) is 39.0 Å². The Hall–Kier alpha value is -0.910. The molecule has 5 nitrogen and oxygen atoms in total. The summed E-state index contributed by atoms with van der Waals surface area (Å²) in [4.78, 5) is 0. The second-order valence-electron chi connectivity index (χ2n) is 3.91. The van der Waals surface area contributed by atoms with Crippen molar-refractivity contribution < 1.29 is 10.2 Å². The SMILES string of the molecule is CCCC(O)CNCc1cnn(CCO)c1. The van der Waals surface area contributed by atoms with Gasteiger partial charge in [-0.25, -0.2) is 0 Å². The van der Waals surface area contributed by atoms with Crippen molar-refractivity contribution in [3.8, 4) is 0 Å². The van der Waals surface area contributed by atoms with Crippen molar-refractivity contribution in [3.63, 3.8) is 0 Å².